The first kappa shape index (κ1) is 13.8. The molecule has 2 aromatic heterocycles. The van der Waals surface area contributed by atoms with Crippen molar-refractivity contribution in [2.45, 2.75) is 26.6 Å². The van der Waals surface area contributed by atoms with Crippen LogP contribution in [0.25, 0.3) is 0 Å². The Morgan fingerprint density at radius 2 is 2.37 bits per heavy atom. The molecule has 0 aliphatic heterocycles. The van der Waals surface area contributed by atoms with Gasteiger partial charge in [-0.05, 0) is 19.7 Å². The Balaban J connectivity index is 1.73. The first-order chi connectivity index (χ1) is 9.28. The van der Waals surface area contributed by atoms with Gasteiger partial charge in [-0.3, -0.25) is 4.68 Å². The van der Waals surface area contributed by atoms with E-state index < -0.39 is 0 Å². The second kappa shape index (κ2) is 7.06. The number of rotatable bonds is 8. The fraction of sp³-hybridized carbons (Fsp3) is 0.538. The van der Waals surface area contributed by atoms with Crippen molar-refractivity contribution >= 4 is 0 Å². The highest BCUT2D eigenvalue weighted by molar-refractivity contribution is 5.04. The largest absolute Gasteiger partial charge is 0.472 e. The van der Waals surface area contributed by atoms with Crippen molar-refractivity contribution in [2.75, 3.05) is 20.1 Å². The molecule has 6 heteroatoms. The van der Waals surface area contributed by atoms with E-state index in [0.29, 0.717) is 0 Å². The summed E-state index contributed by atoms with van der Waals surface area (Å²) in [5, 5.41) is 11.5. The molecule has 6 nitrogen and oxygen atoms in total. The number of hydrogen-bond acceptors (Lipinski definition) is 5. The van der Waals surface area contributed by atoms with Gasteiger partial charge in [-0.2, -0.15) is 0 Å². The standard InChI is InChI=1S/C13H21N5O/c1-3-14-8-13-10-18(16-15-13)6-5-17(2)9-12-4-7-19-11-12/h4,7,10-11,14H,3,5-6,8-9H2,1-2H3. The van der Waals surface area contributed by atoms with E-state index in [1.165, 1.54) is 5.56 Å². The molecule has 0 aliphatic rings. The number of hydrogen-bond donors (Lipinski definition) is 1. The van der Waals surface area contributed by atoms with Crippen LogP contribution in [0.15, 0.2) is 29.2 Å². The monoisotopic (exact) mass is 263 g/mol. The average Bonchev–Trinajstić information content (AvgIpc) is 3.05. The third-order valence-corrected chi connectivity index (χ3v) is 2.89. The summed E-state index contributed by atoms with van der Waals surface area (Å²) >= 11 is 0. The molecule has 0 saturated heterocycles. The minimum Gasteiger partial charge on any atom is -0.472 e. The molecule has 0 aliphatic carbocycles. The molecule has 2 aromatic rings. The van der Waals surface area contributed by atoms with Crippen LogP contribution in [0.4, 0.5) is 0 Å². The zero-order chi connectivity index (χ0) is 13.5. The first-order valence-corrected chi connectivity index (χ1v) is 6.57. The molecular formula is C13H21N5O. The van der Waals surface area contributed by atoms with Gasteiger partial charge < -0.3 is 14.6 Å². The molecule has 1 N–H and O–H groups in total. The van der Waals surface area contributed by atoms with E-state index in [2.05, 4.69) is 34.5 Å². The fourth-order valence-electron chi connectivity index (χ4n) is 1.83. The van der Waals surface area contributed by atoms with Crippen LogP contribution in [-0.4, -0.2) is 40.0 Å². The summed E-state index contributed by atoms with van der Waals surface area (Å²) in [6, 6.07) is 1.99. The van der Waals surface area contributed by atoms with Crippen LogP contribution in [-0.2, 0) is 19.6 Å². The Morgan fingerprint density at radius 1 is 1.47 bits per heavy atom. The van der Waals surface area contributed by atoms with Gasteiger partial charge in [0, 0.05) is 31.4 Å². The minimum atomic E-state index is 0.779. The summed E-state index contributed by atoms with van der Waals surface area (Å²) in [7, 11) is 2.09. The summed E-state index contributed by atoms with van der Waals surface area (Å²) in [5.74, 6) is 0. The van der Waals surface area contributed by atoms with Crippen molar-refractivity contribution in [1.29, 1.82) is 0 Å². The highest BCUT2D eigenvalue weighted by atomic mass is 16.3. The molecule has 0 bridgehead atoms. The van der Waals surface area contributed by atoms with Crippen LogP contribution in [0.1, 0.15) is 18.2 Å². The number of nitrogens with one attached hydrogen (secondary N) is 1. The smallest absolute Gasteiger partial charge is 0.0964 e. The third kappa shape index (κ3) is 4.50. The van der Waals surface area contributed by atoms with Gasteiger partial charge in [-0.15, -0.1) is 5.10 Å². The molecule has 2 heterocycles. The highest BCUT2D eigenvalue weighted by Crippen LogP contribution is 2.03. The lowest BCUT2D eigenvalue weighted by molar-refractivity contribution is 0.303. The average molecular weight is 263 g/mol. The lowest BCUT2D eigenvalue weighted by Gasteiger charge is -2.14. The zero-order valence-corrected chi connectivity index (χ0v) is 11.5. The summed E-state index contributed by atoms with van der Waals surface area (Å²) in [4.78, 5) is 2.23. The first-order valence-electron chi connectivity index (χ1n) is 6.57. The van der Waals surface area contributed by atoms with E-state index in [9.17, 15) is 0 Å². The lowest BCUT2D eigenvalue weighted by atomic mass is 10.3. The topological polar surface area (TPSA) is 59.1 Å². The summed E-state index contributed by atoms with van der Waals surface area (Å²) in [6.07, 6.45) is 5.47. The molecule has 0 radical (unpaired) electrons. The molecule has 0 unspecified atom stereocenters. The van der Waals surface area contributed by atoms with Crippen molar-refractivity contribution < 1.29 is 4.42 Å². The van der Waals surface area contributed by atoms with Gasteiger partial charge in [0.25, 0.3) is 0 Å². The van der Waals surface area contributed by atoms with Gasteiger partial charge in [-0.1, -0.05) is 12.1 Å². The fourth-order valence-corrected chi connectivity index (χ4v) is 1.83. The van der Waals surface area contributed by atoms with Gasteiger partial charge >= 0.3 is 0 Å². The Kier molecular flexibility index (Phi) is 5.11. The summed E-state index contributed by atoms with van der Waals surface area (Å²) in [5.41, 5.74) is 2.17. The van der Waals surface area contributed by atoms with Gasteiger partial charge in [0.1, 0.15) is 0 Å². The molecular weight excluding hydrogens is 242 g/mol. The van der Waals surface area contributed by atoms with E-state index in [-0.39, 0.29) is 0 Å². The normalized spacial score (nSPS) is 11.3. The number of nitrogens with zero attached hydrogens (tertiary/aromatic N) is 4. The molecule has 0 saturated carbocycles. The van der Waals surface area contributed by atoms with Crippen molar-refractivity contribution in [1.82, 2.24) is 25.2 Å². The Labute approximate surface area is 113 Å². The van der Waals surface area contributed by atoms with Gasteiger partial charge in [0.2, 0.25) is 0 Å². The van der Waals surface area contributed by atoms with E-state index >= 15 is 0 Å². The molecule has 0 atom stereocenters. The van der Waals surface area contributed by atoms with Crippen molar-refractivity contribution in [3.8, 4) is 0 Å². The maximum Gasteiger partial charge on any atom is 0.0964 e. The third-order valence-electron chi connectivity index (χ3n) is 2.89. The molecule has 0 aromatic carbocycles. The maximum absolute atomic E-state index is 5.06. The molecule has 104 valence electrons. The predicted octanol–water partition coefficient (Wildman–Crippen LogP) is 1.11. The number of aromatic nitrogens is 3. The minimum absolute atomic E-state index is 0.779. The summed E-state index contributed by atoms with van der Waals surface area (Å²) in [6.45, 7) is 6.45. The van der Waals surface area contributed by atoms with Gasteiger partial charge in [0.05, 0.1) is 24.8 Å². The quantitative estimate of drug-likeness (QED) is 0.773. The van der Waals surface area contributed by atoms with E-state index in [1.54, 1.807) is 12.5 Å². The molecule has 0 spiro atoms. The van der Waals surface area contributed by atoms with Crippen LogP contribution in [0, 0.1) is 0 Å². The second-order valence-corrected chi connectivity index (χ2v) is 4.62. The second-order valence-electron chi connectivity index (χ2n) is 4.62. The molecule has 0 amide bonds. The van der Waals surface area contributed by atoms with Crippen LogP contribution >= 0.6 is 0 Å². The zero-order valence-electron chi connectivity index (χ0n) is 11.5. The molecule has 2 rings (SSSR count). The molecule has 19 heavy (non-hydrogen) atoms. The van der Waals surface area contributed by atoms with Crippen LogP contribution in [0.2, 0.25) is 0 Å². The van der Waals surface area contributed by atoms with Crippen LogP contribution < -0.4 is 5.32 Å². The van der Waals surface area contributed by atoms with Crippen molar-refractivity contribution in [2.24, 2.45) is 0 Å². The van der Waals surface area contributed by atoms with E-state index in [1.807, 2.05) is 16.9 Å². The predicted molar refractivity (Wildman–Crippen MR) is 72.4 cm³/mol. The van der Waals surface area contributed by atoms with Crippen LogP contribution in [0.3, 0.4) is 0 Å². The Morgan fingerprint density at radius 3 is 3.11 bits per heavy atom. The van der Waals surface area contributed by atoms with Gasteiger partial charge in [-0.25, -0.2) is 0 Å². The van der Waals surface area contributed by atoms with E-state index in [4.69, 9.17) is 4.42 Å². The summed E-state index contributed by atoms with van der Waals surface area (Å²) < 4.78 is 6.95. The SMILES string of the molecule is CCNCc1cn(CCN(C)Cc2ccoc2)nn1. The molecule has 0 fully saturated rings. The van der Waals surface area contributed by atoms with Crippen LogP contribution in [0.5, 0.6) is 0 Å². The van der Waals surface area contributed by atoms with E-state index in [0.717, 1.165) is 38.4 Å². The highest BCUT2D eigenvalue weighted by Gasteiger charge is 2.04. The van der Waals surface area contributed by atoms with Gasteiger partial charge in [0.15, 0.2) is 0 Å². The number of likely N-dealkylation sites (N-methyl/N-ethyl adjacent to an activating group) is 1. The lowest BCUT2D eigenvalue weighted by Crippen LogP contribution is -2.22. The Bertz CT molecular complexity index is 465. The van der Waals surface area contributed by atoms with Crippen molar-refractivity contribution in [3.05, 3.63) is 36.0 Å². The van der Waals surface area contributed by atoms with Crippen molar-refractivity contribution in [3.63, 3.8) is 0 Å². The maximum atomic E-state index is 5.06. The number of furan rings is 1. The Hall–Kier alpha value is -1.66.